The largest absolute Gasteiger partial charge is 0.374 e. The van der Waals surface area contributed by atoms with Crippen molar-refractivity contribution < 1.29 is 4.79 Å². The summed E-state index contributed by atoms with van der Waals surface area (Å²) in [6, 6.07) is 15.0. The molecule has 2 rings (SSSR count). The van der Waals surface area contributed by atoms with Crippen LogP contribution in [0.2, 0.25) is 5.02 Å². The number of primary amides is 1. The lowest BCUT2D eigenvalue weighted by molar-refractivity contribution is -0.118. The van der Waals surface area contributed by atoms with Crippen LogP contribution in [0, 0.1) is 0 Å². The first-order chi connectivity index (χ1) is 10.1. The van der Waals surface area contributed by atoms with Gasteiger partial charge in [-0.3, -0.25) is 4.79 Å². The highest BCUT2D eigenvalue weighted by Gasteiger charge is 2.15. The van der Waals surface area contributed by atoms with E-state index in [4.69, 9.17) is 17.3 Å². The highest BCUT2D eigenvalue weighted by atomic mass is 79.9. The van der Waals surface area contributed by atoms with E-state index in [9.17, 15) is 4.79 Å². The Hall–Kier alpha value is -1.52. The molecule has 0 aromatic heterocycles. The van der Waals surface area contributed by atoms with Gasteiger partial charge in [-0.2, -0.15) is 0 Å². The first-order valence-corrected chi connectivity index (χ1v) is 7.78. The van der Waals surface area contributed by atoms with Crippen LogP contribution in [0.3, 0.4) is 0 Å². The fourth-order valence-electron chi connectivity index (χ4n) is 2.03. The van der Waals surface area contributed by atoms with Crippen LogP contribution in [-0.2, 0) is 11.2 Å². The molecule has 0 aliphatic carbocycles. The van der Waals surface area contributed by atoms with Gasteiger partial charge in [0.2, 0.25) is 5.91 Å². The standard InChI is InChI=1S/C16H16BrClN2O/c17-13-10-12(7-8-14(13)18)20-15(16(19)21)9-6-11-4-2-1-3-5-11/h1-5,7-8,10,15,20H,6,9H2,(H2,19,21). The third-order valence-corrected chi connectivity index (χ3v) is 4.38. The molecule has 1 unspecified atom stereocenters. The Morgan fingerprint density at radius 2 is 1.95 bits per heavy atom. The van der Waals surface area contributed by atoms with Gasteiger partial charge in [0.25, 0.3) is 0 Å². The third-order valence-electron chi connectivity index (χ3n) is 3.17. The zero-order valence-electron chi connectivity index (χ0n) is 11.4. The molecule has 110 valence electrons. The third kappa shape index (κ3) is 4.76. The molecule has 0 spiro atoms. The van der Waals surface area contributed by atoms with E-state index >= 15 is 0 Å². The summed E-state index contributed by atoms with van der Waals surface area (Å²) in [7, 11) is 0. The molecule has 2 aromatic rings. The number of hydrogen-bond donors (Lipinski definition) is 2. The second-order valence-electron chi connectivity index (χ2n) is 4.75. The van der Waals surface area contributed by atoms with Crippen molar-refractivity contribution in [1.29, 1.82) is 0 Å². The zero-order valence-corrected chi connectivity index (χ0v) is 13.7. The van der Waals surface area contributed by atoms with Crippen LogP contribution < -0.4 is 11.1 Å². The summed E-state index contributed by atoms with van der Waals surface area (Å²) in [6.07, 6.45) is 1.43. The number of rotatable bonds is 6. The predicted molar refractivity (Wildman–Crippen MR) is 90.5 cm³/mol. The summed E-state index contributed by atoms with van der Waals surface area (Å²) < 4.78 is 0.778. The van der Waals surface area contributed by atoms with Crippen LogP contribution in [0.25, 0.3) is 0 Å². The number of nitrogens with one attached hydrogen (secondary N) is 1. The van der Waals surface area contributed by atoms with Crippen molar-refractivity contribution >= 4 is 39.1 Å². The molecule has 21 heavy (non-hydrogen) atoms. The Bertz CT molecular complexity index is 619. The number of carbonyl (C=O) groups is 1. The lowest BCUT2D eigenvalue weighted by Crippen LogP contribution is -2.35. The number of carbonyl (C=O) groups excluding carboxylic acids is 1. The van der Waals surface area contributed by atoms with Crippen molar-refractivity contribution in [1.82, 2.24) is 0 Å². The monoisotopic (exact) mass is 366 g/mol. The van der Waals surface area contributed by atoms with Crippen LogP contribution in [0.1, 0.15) is 12.0 Å². The number of aryl methyl sites for hydroxylation is 1. The van der Waals surface area contributed by atoms with Crippen molar-refractivity contribution in [3.63, 3.8) is 0 Å². The molecule has 0 bridgehead atoms. The summed E-state index contributed by atoms with van der Waals surface area (Å²) in [6.45, 7) is 0. The van der Waals surface area contributed by atoms with E-state index in [0.717, 1.165) is 16.6 Å². The van der Waals surface area contributed by atoms with Crippen molar-refractivity contribution in [2.45, 2.75) is 18.9 Å². The van der Waals surface area contributed by atoms with Gasteiger partial charge in [-0.25, -0.2) is 0 Å². The summed E-state index contributed by atoms with van der Waals surface area (Å²) >= 11 is 9.32. The second kappa shape index (κ2) is 7.48. The minimum Gasteiger partial charge on any atom is -0.374 e. The molecule has 0 aliphatic rings. The number of nitrogens with two attached hydrogens (primary N) is 1. The van der Waals surface area contributed by atoms with E-state index in [1.54, 1.807) is 6.07 Å². The van der Waals surface area contributed by atoms with Crippen molar-refractivity contribution in [3.8, 4) is 0 Å². The average Bonchev–Trinajstić information content (AvgIpc) is 2.48. The number of halogens is 2. The van der Waals surface area contributed by atoms with Gasteiger partial charge in [-0.1, -0.05) is 41.9 Å². The molecule has 5 heteroatoms. The first kappa shape index (κ1) is 15.9. The summed E-state index contributed by atoms with van der Waals surface area (Å²) in [5.41, 5.74) is 7.47. The van der Waals surface area contributed by atoms with Gasteiger partial charge < -0.3 is 11.1 Å². The van der Waals surface area contributed by atoms with Crippen LogP contribution in [-0.4, -0.2) is 11.9 Å². The van der Waals surface area contributed by atoms with Gasteiger partial charge in [-0.15, -0.1) is 0 Å². The Morgan fingerprint density at radius 1 is 1.24 bits per heavy atom. The van der Waals surface area contributed by atoms with Crippen LogP contribution in [0.15, 0.2) is 53.0 Å². The van der Waals surface area contributed by atoms with E-state index in [1.165, 1.54) is 5.56 Å². The molecule has 0 aliphatic heterocycles. The molecule has 0 fully saturated rings. The fraction of sp³-hybridized carbons (Fsp3) is 0.188. The molecular weight excluding hydrogens is 352 g/mol. The van der Waals surface area contributed by atoms with Crippen molar-refractivity contribution in [2.75, 3.05) is 5.32 Å². The number of anilines is 1. The molecule has 0 saturated heterocycles. The summed E-state index contributed by atoms with van der Waals surface area (Å²) in [4.78, 5) is 11.6. The van der Waals surface area contributed by atoms with E-state index in [-0.39, 0.29) is 5.91 Å². The van der Waals surface area contributed by atoms with Gasteiger partial charge in [0.15, 0.2) is 0 Å². The van der Waals surface area contributed by atoms with Crippen LogP contribution >= 0.6 is 27.5 Å². The average molecular weight is 368 g/mol. The van der Waals surface area contributed by atoms with E-state index < -0.39 is 6.04 Å². The molecule has 0 saturated carbocycles. The zero-order chi connectivity index (χ0) is 15.2. The lowest BCUT2D eigenvalue weighted by Gasteiger charge is -2.17. The SMILES string of the molecule is NC(=O)C(CCc1ccccc1)Nc1ccc(Cl)c(Br)c1. The topological polar surface area (TPSA) is 55.1 Å². The van der Waals surface area contributed by atoms with E-state index in [0.29, 0.717) is 11.4 Å². The fourth-order valence-corrected chi connectivity index (χ4v) is 2.52. The highest BCUT2D eigenvalue weighted by molar-refractivity contribution is 9.10. The predicted octanol–water partition coefficient (Wildman–Crippen LogP) is 4.00. The Balaban J connectivity index is 2.02. The molecule has 1 amide bonds. The second-order valence-corrected chi connectivity index (χ2v) is 6.01. The smallest absolute Gasteiger partial charge is 0.239 e. The Labute approximate surface area is 137 Å². The maximum atomic E-state index is 11.6. The molecule has 2 aromatic carbocycles. The van der Waals surface area contributed by atoms with E-state index in [1.807, 2.05) is 42.5 Å². The lowest BCUT2D eigenvalue weighted by atomic mass is 10.0. The van der Waals surface area contributed by atoms with Crippen molar-refractivity contribution in [2.24, 2.45) is 5.73 Å². The van der Waals surface area contributed by atoms with Gasteiger partial charge >= 0.3 is 0 Å². The molecule has 3 N–H and O–H groups in total. The Kier molecular flexibility index (Phi) is 5.65. The summed E-state index contributed by atoms with van der Waals surface area (Å²) in [5, 5.41) is 3.78. The molecule has 0 heterocycles. The quantitative estimate of drug-likeness (QED) is 0.811. The van der Waals surface area contributed by atoms with Gasteiger partial charge in [0.1, 0.15) is 6.04 Å². The van der Waals surface area contributed by atoms with Gasteiger partial charge in [0.05, 0.1) is 5.02 Å². The van der Waals surface area contributed by atoms with E-state index in [2.05, 4.69) is 21.2 Å². The normalized spacial score (nSPS) is 11.9. The minimum absolute atomic E-state index is 0.364. The van der Waals surface area contributed by atoms with Gasteiger partial charge in [0, 0.05) is 10.2 Å². The molecule has 0 radical (unpaired) electrons. The molecular formula is C16H16BrClN2O. The van der Waals surface area contributed by atoms with Crippen LogP contribution in [0.4, 0.5) is 5.69 Å². The maximum Gasteiger partial charge on any atom is 0.239 e. The minimum atomic E-state index is -0.418. The first-order valence-electron chi connectivity index (χ1n) is 6.61. The number of hydrogen-bond acceptors (Lipinski definition) is 2. The maximum absolute atomic E-state index is 11.6. The Morgan fingerprint density at radius 3 is 2.57 bits per heavy atom. The molecule has 1 atom stereocenters. The number of amides is 1. The summed E-state index contributed by atoms with van der Waals surface area (Å²) in [5.74, 6) is -0.364. The van der Waals surface area contributed by atoms with Crippen LogP contribution in [0.5, 0.6) is 0 Å². The van der Waals surface area contributed by atoms with Crippen molar-refractivity contribution in [3.05, 3.63) is 63.6 Å². The highest BCUT2D eigenvalue weighted by Crippen LogP contribution is 2.26. The molecule has 3 nitrogen and oxygen atoms in total. The van der Waals surface area contributed by atoms with Gasteiger partial charge in [-0.05, 0) is 52.5 Å². The number of benzene rings is 2.